The highest BCUT2D eigenvalue weighted by molar-refractivity contribution is 6.09. The van der Waals surface area contributed by atoms with Gasteiger partial charge in [-0.1, -0.05) is 0 Å². The number of carbonyl (C=O) groups excluding carboxylic acids is 1. The van der Waals surface area contributed by atoms with Gasteiger partial charge in [0.2, 0.25) is 0 Å². The minimum absolute atomic E-state index is 0.0564. The Morgan fingerprint density at radius 2 is 1.75 bits per heavy atom. The molecule has 1 aromatic rings. The Hall–Kier alpha value is -2.10. The van der Waals surface area contributed by atoms with E-state index in [4.69, 9.17) is 9.84 Å². The van der Waals surface area contributed by atoms with Gasteiger partial charge in [0.15, 0.2) is 5.78 Å². The number of carboxylic acids is 1. The number of benzene rings is 1. The van der Waals surface area contributed by atoms with Gasteiger partial charge in [0, 0.05) is 11.6 Å². The van der Waals surface area contributed by atoms with Crippen molar-refractivity contribution in [1.82, 2.24) is 0 Å². The Bertz CT molecular complexity index is 568. The summed E-state index contributed by atoms with van der Waals surface area (Å²) >= 11 is 0. The highest BCUT2D eigenvalue weighted by atomic mass is 16.5. The molecule has 4 nitrogen and oxygen atoms in total. The second-order valence-corrected chi connectivity index (χ2v) is 5.02. The van der Waals surface area contributed by atoms with Crippen LogP contribution in [0.15, 0.2) is 18.2 Å². The van der Waals surface area contributed by atoms with E-state index in [2.05, 4.69) is 0 Å². The van der Waals surface area contributed by atoms with E-state index < -0.39 is 5.97 Å². The standard InChI is InChI=1S/C16H20O4/c1-9(2)20-14-8-10(3)16(12(5)11(14)4)13(17)6-7-15(18)19/h6-9H,1-5H3,(H,18,19)/b7-6+. The maximum atomic E-state index is 12.1. The van der Waals surface area contributed by atoms with E-state index in [1.807, 2.05) is 40.7 Å². The van der Waals surface area contributed by atoms with E-state index >= 15 is 0 Å². The summed E-state index contributed by atoms with van der Waals surface area (Å²) in [5.74, 6) is -0.680. The van der Waals surface area contributed by atoms with Gasteiger partial charge in [0.25, 0.3) is 0 Å². The van der Waals surface area contributed by atoms with E-state index in [-0.39, 0.29) is 11.9 Å². The van der Waals surface area contributed by atoms with Crippen molar-refractivity contribution in [3.8, 4) is 5.75 Å². The lowest BCUT2D eigenvalue weighted by Crippen LogP contribution is -2.10. The van der Waals surface area contributed by atoms with Crippen LogP contribution in [-0.4, -0.2) is 23.0 Å². The average molecular weight is 276 g/mol. The zero-order chi connectivity index (χ0) is 15.4. The number of allylic oxidation sites excluding steroid dienone is 1. The SMILES string of the molecule is Cc1cc(OC(C)C)c(C)c(C)c1C(=O)/C=C/C(=O)O. The molecule has 1 N–H and O–H groups in total. The normalized spacial score (nSPS) is 11.1. The largest absolute Gasteiger partial charge is 0.491 e. The number of rotatable bonds is 5. The summed E-state index contributed by atoms with van der Waals surface area (Å²) in [4.78, 5) is 22.6. The van der Waals surface area contributed by atoms with Crippen LogP contribution in [0.5, 0.6) is 5.75 Å². The number of aliphatic carboxylic acids is 1. The molecule has 0 fully saturated rings. The Balaban J connectivity index is 3.26. The lowest BCUT2D eigenvalue weighted by atomic mass is 9.94. The van der Waals surface area contributed by atoms with Gasteiger partial charge in [0.1, 0.15) is 5.75 Å². The molecule has 0 saturated carbocycles. The van der Waals surface area contributed by atoms with Crippen LogP contribution in [0.3, 0.4) is 0 Å². The summed E-state index contributed by atoms with van der Waals surface area (Å²) in [6.45, 7) is 9.44. The number of hydrogen-bond acceptors (Lipinski definition) is 3. The van der Waals surface area contributed by atoms with Crippen molar-refractivity contribution in [3.63, 3.8) is 0 Å². The molecule has 0 heterocycles. The number of carboxylic acid groups (broad SMARTS) is 1. The van der Waals surface area contributed by atoms with E-state index in [9.17, 15) is 9.59 Å². The predicted molar refractivity (Wildman–Crippen MR) is 77.5 cm³/mol. The van der Waals surface area contributed by atoms with Crippen LogP contribution >= 0.6 is 0 Å². The van der Waals surface area contributed by atoms with Crippen LogP contribution in [-0.2, 0) is 4.79 Å². The molecule has 0 aliphatic carbocycles. The summed E-state index contributed by atoms with van der Waals surface area (Å²) in [7, 11) is 0. The smallest absolute Gasteiger partial charge is 0.328 e. The van der Waals surface area contributed by atoms with Gasteiger partial charge >= 0.3 is 5.97 Å². The highest BCUT2D eigenvalue weighted by Gasteiger charge is 2.16. The van der Waals surface area contributed by atoms with Crippen LogP contribution in [0.1, 0.15) is 40.9 Å². The lowest BCUT2D eigenvalue weighted by Gasteiger charge is -2.17. The quantitative estimate of drug-likeness (QED) is 0.662. The number of ketones is 1. The maximum Gasteiger partial charge on any atom is 0.328 e. The summed E-state index contributed by atoms with van der Waals surface area (Å²) in [6, 6.07) is 1.82. The van der Waals surface area contributed by atoms with Crippen molar-refractivity contribution < 1.29 is 19.4 Å². The van der Waals surface area contributed by atoms with Crippen molar-refractivity contribution in [1.29, 1.82) is 0 Å². The minimum Gasteiger partial charge on any atom is -0.491 e. The Labute approximate surface area is 119 Å². The van der Waals surface area contributed by atoms with Gasteiger partial charge in [-0.15, -0.1) is 0 Å². The van der Waals surface area contributed by atoms with Gasteiger partial charge in [-0.25, -0.2) is 4.79 Å². The molecule has 0 unspecified atom stereocenters. The molecule has 1 rings (SSSR count). The van der Waals surface area contributed by atoms with Crippen molar-refractivity contribution in [2.75, 3.05) is 0 Å². The van der Waals surface area contributed by atoms with Gasteiger partial charge in [-0.2, -0.15) is 0 Å². The van der Waals surface area contributed by atoms with Gasteiger partial charge < -0.3 is 9.84 Å². The zero-order valence-electron chi connectivity index (χ0n) is 12.5. The number of hydrogen-bond donors (Lipinski definition) is 1. The molecule has 0 amide bonds. The molecule has 0 atom stereocenters. The predicted octanol–water partition coefficient (Wildman–Crippen LogP) is 3.22. The molecule has 0 saturated heterocycles. The summed E-state index contributed by atoms with van der Waals surface area (Å²) < 4.78 is 5.72. The van der Waals surface area contributed by atoms with Crippen LogP contribution < -0.4 is 4.74 Å². The second-order valence-electron chi connectivity index (χ2n) is 5.02. The first kappa shape index (κ1) is 16.0. The Kier molecular flexibility index (Phi) is 5.08. The van der Waals surface area contributed by atoms with E-state index in [1.165, 1.54) is 0 Å². The zero-order valence-corrected chi connectivity index (χ0v) is 12.5. The fourth-order valence-electron chi connectivity index (χ4n) is 2.03. The van der Waals surface area contributed by atoms with Crippen LogP contribution in [0.25, 0.3) is 0 Å². The molecule has 0 radical (unpaired) electrons. The van der Waals surface area contributed by atoms with Gasteiger partial charge in [0.05, 0.1) is 6.10 Å². The van der Waals surface area contributed by atoms with Crippen molar-refractivity contribution in [2.24, 2.45) is 0 Å². The number of ether oxygens (including phenoxy) is 1. The van der Waals surface area contributed by atoms with Gasteiger partial charge in [-0.3, -0.25) is 4.79 Å². The van der Waals surface area contributed by atoms with Crippen molar-refractivity contribution in [2.45, 2.75) is 40.7 Å². The second kappa shape index (κ2) is 6.37. The average Bonchev–Trinajstić information content (AvgIpc) is 2.32. The third-order valence-electron chi connectivity index (χ3n) is 3.04. The molecule has 0 aliphatic rings. The van der Waals surface area contributed by atoms with Crippen molar-refractivity contribution >= 4 is 11.8 Å². The van der Waals surface area contributed by atoms with E-state index in [0.29, 0.717) is 5.56 Å². The first-order valence-corrected chi connectivity index (χ1v) is 6.46. The monoisotopic (exact) mass is 276 g/mol. The fraction of sp³-hybridized carbons (Fsp3) is 0.375. The molecule has 108 valence electrons. The third kappa shape index (κ3) is 3.70. The third-order valence-corrected chi connectivity index (χ3v) is 3.04. The highest BCUT2D eigenvalue weighted by Crippen LogP contribution is 2.29. The molecule has 0 aliphatic heterocycles. The molecular formula is C16H20O4. The molecular weight excluding hydrogens is 256 g/mol. The maximum absolute atomic E-state index is 12.1. The first-order chi connectivity index (χ1) is 9.23. The van der Waals surface area contributed by atoms with E-state index in [1.54, 1.807) is 0 Å². The lowest BCUT2D eigenvalue weighted by molar-refractivity contribution is -0.131. The molecule has 1 aromatic carbocycles. The summed E-state index contributed by atoms with van der Waals surface area (Å²) in [6.07, 6.45) is 2.00. The summed E-state index contributed by atoms with van der Waals surface area (Å²) in [5.41, 5.74) is 3.04. The molecule has 4 heteroatoms. The Morgan fingerprint density at radius 1 is 1.15 bits per heavy atom. The van der Waals surface area contributed by atoms with Crippen LogP contribution in [0.4, 0.5) is 0 Å². The van der Waals surface area contributed by atoms with Crippen LogP contribution in [0.2, 0.25) is 0 Å². The molecule has 20 heavy (non-hydrogen) atoms. The first-order valence-electron chi connectivity index (χ1n) is 6.46. The molecule has 0 spiro atoms. The minimum atomic E-state index is -1.13. The van der Waals surface area contributed by atoms with Crippen molar-refractivity contribution in [3.05, 3.63) is 40.5 Å². The summed E-state index contributed by atoms with van der Waals surface area (Å²) in [5, 5.41) is 8.59. The van der Waals surface area contributed by atoms with Crippen LogP contribution in [0, 0.1) is 20.8 Å². The molecule has 0 bridgehead atoms. The van der Waals surface area contributed by atoms with Gasteiger partial charge in [-0.05, 0) is 63.5 Å². The topological polar surface area (TPSA) is 63.6 Å². The number of carbonyl (C=O) groups is 2. The Morgan fingerprint density at radius 3 is 2.25 bits per heavy atom. The number of aryl methyl sites for hydroxylation is 1. The fourth-order valence-corrected chi connectivity index (χ4v) is 2.03. The van der Waals surface area contributed by atoms with E-state index in [0.717, 1.165) is 34.6 Å². The molecule has 0 aromatic heterocycles.